The van der Waals surface area contributed by atoms with E-state index in [1.165, 1.54) is 0 Å². The molecule has 340 valence electrons. The number of benzene rings is 6. The van der Waals surface area contributed by atoms with E-state index >= 15 is 0 Å². The summed E-state index contributed by atoms with van der Waals surface area (Å²) in [6.07, 6.45) is 9.47. The summed E-state index contributed by atoms with van der Waals surface area (Å²) in [5.74, 6) is 0.771. The number of anilines is 1. The van der Waals surface area contributed by atoms with Crippen molar-refractivity contribution >= 4 is 39.3 Å². The van der Waals surface area contributed by atoms with Gasteiger partial charge in [-0.1, -0.05) is 97.1 Å². The van der Waals surface area contributed by atoms with Crippen LogP contribution in [0, 0.1) is 0 Å². The minimum Gasteiger partial charge on any atom is -0.505 e. The Bertz CT molecular complexity index is 3100. The number of phenolic OH excluding ortho intramolecular Hbond substituents is 2. The summed E-state index contributed by atoms with van der Waals surface area (Å²) in [6.45, 7) is 1.65. The molecule has 6 aromatic carbocycles. The quantitative estimate of drug-likeness (QED) is 0.0836. The Morgan fingerprint density at radius 2 is 0.941 bits per heavy atom. The molecule has 9 aromatic rings. The molecule has 0 radical (unpaired) electrons. The number of hydrogen-bond acceptors (Lipinski definition) is 9. The van der Waals surface area contributed by atoms with Crippen molar-refractivity contribution in [3.8, 4) is 28.7 Å². The maximum Gasteiger partial charge on any atom is 0.258 e. The van der Waals surface area contributed by atoms with Gasteiger partial charge in [-0.25, -0.2) is 0 Å². The van der Waals surface area contributed by atoms with Crippen LogP contribution in [0.15, 0.2) is 195 Å². The fourth-order valence-corrected chi connectivity index (χ4v) is 8.54. The first-order valence-corrected chi connectivity index (χ1v) is 22.5. The van der Waals surface area contributed by atoms with E-state index in [9.17, 15) is 19.8 Å². The number of fused-ring (bicyclic) bond motifs is 2. The molecule has 3 aromatic heterocycles. The zero-order valence-corrected chi connectivity index (χ0v) is 37.2. The van der Waals surface area contributed by atoms with Gasteiger partial charge in [-0.3, -0.25) is 19.6 Å². The van der Waals surface area contributed by atoms with Crippen molar-refractivity contribution in [2.75, 3.05) is 31.2 Å². The van der Waals surface area contributed by atoms with Crippen LogP contribution in [0.1, 0.15) is 47.2 Å². The lowest BCUT2D eigenvalue weighted by atomic mass is 9.95. The van der Waals surface area contributed by atoms with E-state index in [0.29, 0.717) is 33.7 Å². The number of nitrogens with one attached hydrogen (secondary N) is 2. The summed E-state index contributed by atoms with van der Waals surface area (Å²) in [5.41, 5.74) is 5.77. The van der Waals surface area contributed by atoms with Gasteiger partial charge in [0, 0.05) is 65.5 Å². The average Bonchev–Trinajstić information content (AvgIpc) is 4.15. The summed E-state index contributed by atoms with van der Waals surface area (Å²) < 4.78 is 13.3. The van der Waals surface area contributed by atoms with Gasteiger partial charge in [0.1, 0.15) is 34.0 Å². The van der Waals surface area contributed by atoms with Gasteiger partial charge < -0.3 is 39.8 Å². The third kappa shape index (κ3) is 10.2. The van der Waals surface area contributed by atoms with Crippen molar-refractivity contribution in [3.63, 3.8) is 0 Å². The van der Waals surface area contributed by atoms with Crippen LogP contribution in [0.4, 0.5) is 5.69 Å². The van der Waals surface area contributed by atoms with Crippen LogP contribution in [0.3, 0.4) is 0 Å². The predicted octanol–water partition coefficient (Wildman–Crippen LogP) is 9.84. The lowest BCUT2D eigenvalue weighted by Gasteiger charge is -2.26. The van der Waals surface area contributed by atoms with E-state index in [1.54, 1.807) is 24.5 Å². The number of nitrogens with zero attached hydrogens (tertiary/aromatic N) is 4. The molecule has 1 fully saturated rings. The molecule has 10 rings (SSSR count). The Morgan fingerprint density at radius 1 is 0.529 bits per heavy atom. The molecule has 0 aliphatic carbocycles. The highest BCUT2D eigenvalue weighted by molar-refractivity contribution is 5.97. The molecule has 0 saturated carbocycles. The smallest absolute Gasteiger partial charge is 0.258 e. The zero-order valence-electron chi connectivity index (χ0n) is 37.2. The molecule has 12 heteroatoms. The van der Waals surface area contributed by atoms with Crippen molar-refractivity contribution in [2.45, 2.75) is 24.9 Å². The normalized spacial score (nSPS) is 13.0. The van der Waals surface area contributed by atoms with Crippen LogP contribution in [0.5, 0.6) is 23.0 Å². The molecular formula is C56H50N6O6. The van der Waals surface area contributed by atoms with Gasteiger partial charge in [-0.15, -0.1) is 0 Å². The number of amides is 2. The molecular weight excluding hydrogens is 853 g/mol. The van der Waals surface area contributed by atoms with Crippen molar-refractivity contribution in [1.82, 2.24) is 25.2 Å². The summed E-state index contributed by atoms with van der Waals surface area (Å²) in [4.78, 5) is 37.1. The summed E-state index contributed by atoms with van der Waals surface area (Å²) in [5, 5.41) is 30.4. The van der Waals surface area contributed by atoms with Gasteiger partial charge in [-0.2, -0.15) is 0 Å². The molecule has 12 nitrogen and oxygen atoms in total. The van der Waals surface area contributed by atoms with Crippen molar-refractivity contribution in [1.29, 1.82) is 0 Å². The third-order valence-electron chi connectivity index (χ3n) is 11.8. The second-order valence-electron chi connectivity index (χ2n) is 16.3. The Balaban J connectivity index is 0.000000170. The number of pyridine rings is 2. The molecule has 2 atom stereocenters. The predicted molar refractivity (Wildman–Crippen MR) is 264 cm³/mol. The lowest BCUT2D eigenvalue weighted by molar-refractivity contribution is -0.124. The number of hydrogen-bond donors (Lipinski definition) is 4. The van der Waals surface area contributed by atoms with E-state index in [-0.39, 0.29) is 36.5 Å². The molecule has 1 aliphatic heterocycles. The van der Waals surface area contributed by atoms with E-state index in [2.05, 4.69) is 25.5 Å². The number of phenols is 2. The van der Waals surface area contributed by atoms with Gasteiger partial charge in [0.15, 0.2) is 13.2 Å². The average molecular weight is 903 g/mol. The number of carbonyl (C=O) groups excluding carboxylic acids is 2. The Hall–Kier alpha value is -8.64. The van der Waals surface area contributed by atoms with Crippen LogP contribution in [0.25, 0.3) is 27.5 Å². The Kier molecular flexibility index (Phi) is 13.8. The third-order valence-corrected chi connectivity index (χ3v) is 11.8. The van der Waals surface area contributed by atoms with Gasteiger partial charge >= 0.3 is 0 Å². The topological polar surface area (TPSA) is 151 Å². The molecule has 1 saturated heterocycles. The number of carbonyl (C=O) groups is 2. The SMILES string of the molecule is O=C(COc1ccccc1)NC(c1ccccc1)c1cc(-n2cccc2)c2cccnc2c1O.O=C(COc1ccccc1)NC(c1ccccc1)c1cc(N2CCCC2)c2cccnc2c1O. The van der Waals surface area contributed by atoms with Gasteiger partial charge in [0.25, 0.3) is 11.8 Å². The largest absolute Gasteiger partial charge is 0.505 e. The van der Waals surface area contributed by atoms with Gasteiger partial charge in [0.05, 0.1) is 17.8 Å². The first kappa shape index (κ1) is 44.6. The van der Waals surface area contributed by atoms with Crippen molar-refractivity contribution in [2.24, 2.45) is 0 Å². The molecule has 2 unspecified atom stereocenters. The maximum absolute atomic E-state index is 12.9. The summed E-state index contributed by atoms with van der Waals surface area (Å²) in [7, 11) is 0. The standard InChI is InChI=1S/C28H27N3O3.C28H23N3O3/c2*32-25(19-34-21-12-5-2-6-13-21)30-26(20-10-3-1-4-11-20)23-18-24(31-16-7-8-17-31)22-14-9-15-29-27(22)28(23)33/h1-6,9-15,18,26,33H,7-8,16-17,19H2,(H,30,32);1-18,26,33H,19H2,(H,30,32). The molecule has 1 aliphatic rings. The number of rotatable bonds is 14. The Labute approximate surface area is 394 Å². The van der Waals surface area contributed by atoms with Crippen molar-refractivity contribution < 1.29 is 29.3 Å². The number of aromatic nitrogens is 3. The summed E-state index contributed by atoms with van der Waals surface area (Å²) in [6, 6.07) is 51.9. The number of ether oxygens (including phenoxy) is 2. The maximum atomic E-state index is 12.9. The molecule has 2 amide bonds. The van der Waals surface area contributed by atoms with E-state index in [4.69, 9.17) is 9.47 Å². The van der Waals surface area contributed by atoms with Crippen LogP contribution < -0.4 is 25.0 Å². The van der Waals surface area contributed by atoms with E-state index in [1.807, 2.05) is 175 Å². The minimum atomic E-state index is -0.603. The monoisotopic (exact) mass is 902 g/mol. The highest BCUT2D eigenvalue weighted by Crippen LogP contribution is 2.41. The number of para-hydroxylation sites is 2. The minimum absolute atomic E-state index is 0.0321. The summed E-state index contributed by atoms with van der Waals surface area (Å²) >= 11 is 0. The van der Waals surface area contributed by atoms with Crippen LogP contribution in [-0.2, 0) is 9.59 Å². The molecule has 0 spiro atoms. The Morgan fingerprint density at radius 3 is 1.40 bits per heavy atom. The fourth-order valence-electron chi connectivity index (χ4n) is 8.54. The molecule has 0 bridgehead atoms. The van der Waals surface area contributed by atoms with Crippen LogP contribution >= 0.6 is 0 Å². The molecule has 4 heterocycles. The molecule has 4 N–H and O–H groups in total. The van der Waals surface area contributed by atoms with Gasteiger partial charge in [0.2, 0.25) is 0 Å². The second kappa shape index (κ2) is 21.1. The van der Waals surface area contributed by atoms with Gasteiger partial charge in [-0.05, 0) is 96.8 Å². The van der Waals surface area contributed by atoms with E-state index in [0.717, 1.165) is 59.2 Å². The number of aromatic hydroxyl groups is 2. The first-order valence-electron chi connectivity index (χ1n) is 22.5. The second-order valence-corrected chi connectivity index (χ2v) is 16.3. The van der Waals surface area contributed by atoms with E-state index < -0.39 is 12.1 Å². The van der Waals surface area contributed by atoms with Crippen molar-refractivity contribution in [3.05, 3.63) is 217 Å². The van der Waals surface area contributed by atoms with Crippen LogP contribution in [-0.4, -0.2) is 62.9 Å². The van der Waals surface area contributed by atoms with Crippen LogP contribution in [0.2, 0.25) is 0 Å². The lowest BCUT2D eigenvalue weighted by Crippen LogP contribution is -2.33. The zero-order chi connectivity index (χ0) is 46.7. The first-order chi connectivity index (χ1) is 33.4. The fraction of sp³-hybridized carbons (Fsp3) is 0.143. The highest BCUT2D eigenvalue weighted by atomic mass is 16.5. The highest BCUT2D eigenvalue weighted by Gasteiger charge is 2.27. The molecule has 68 heavy (non-hydrogen) atoms.